The van der Waals surface area contributed by atoms with Crippen molar-refractivity contribution >= 4 is 5.91 Å². The Morgan fingerprint density at radius 3 is 2.46 bits per heavy atom. The molecule has 5 nitrogen and oxygen atoms in total. The van der Waals surface area contributed by atoms with Crippen molar-refractivity contribution < 1.29 is 4.79 Å². The minimum atomic E-state index is 0.191. The molecule has 2 rings (SSSR count). The van der Waals surface area contributed by atoms with Gasteiger partial charge in [0.05, 0.1) is 18.2 Å². The Hall–Kier alpha value is -2.16. The van der Waals surface area contributed by atoms with Gasteiger partial charge in [-0.1, -0.05) is 24.3 Å². The van der Waals surface area contributed by atoms with E-state index in [4.69, 9.17) is 5.26 Å². The van der Waals surface area contributed by atoms with Gasteiger partial charge in [0.1, 0.15) is 0 Å². The van der Waals surface area contributed by atoms with Crippen LogP contribution >= 0.6 is 0 Å². The van der Waals surface area contributed by atoms with Crippen LogP contribution in [0.15, 0.2) is 36.4 Å². The second kappa shape index (κ2) is 10.1. The summed E-state index contributed by atoms with van der Waals surface area (Å²) in [6.45, 7) is 14.5. The fraction of sp³-hybridized carbons (Fsp3) is 0.524. The Morgan fingerprint density at radius 1 is 1.19 bits per heavy atom. The second-order valence-electron chi connectivity index (χ2n) is 7.08. The van der Waals surface area contributed by atoms with Crippen LogP contribution < -0.4 is 0 Å². The molecule has 0 N–H and O–H groups in total. The Kier molecular flexibility index (Phi) is 7.83. The Morgan fingerprint density at radius 2 is 1.85 bits per heavy atom. The van der Waals surface area contributed by atoms with Crippen LogP contribution in [0, 0.1) is 11.3 Å². The first-order valence-corrected chi connectivity index (χ1v) is 9.37. The third-order valence-corrected chi connectivity index (χ3v) is 4.72. The third kappa shape index (κ3) is 6.29. The minimum Gasteiger partial charge on any atom is -0.338 e. The molecule has 0 atom stereocenters. The zero-order valence-electron chi connectivity index (χ0n) is 16.1. The lowest BCUT2D eigenvalue weighted by Gasteiger charge is -2.26. The summed E-state index contributed by atoms with van der Waals surface area (Å²) in [5, 5.41) is 8.89. The molecule has 1 aromatic carbocycles. The second-order valence-corrected chi connectivity index (χ2v) is 7.08. The van der Waals surface area contributed by atoms with E-state index in [1.54, 1.807) is 0 Å². The Labute approximate surface area is 157 Å². The minimum absolute atomic E-state index is 0.191. The molecule has 0 spiro atoms. The van der Waals surface area contributed by atoms with Crippen LogP contribution in [0.1, 0.15) is 31.4 Å². The highest BCUT2D eigenvalue weighted by Gasteiger charge is 2.19. The standard InChI is InChI=1S/C21H30N4O/c1-4-25(15-18(2)3)21(26)17-24-11-5-10-23(12-13-24)16-20-8-6-19(14-22)7-9-20/h6-9H,2,4-5,10-13,15-17H2,1,3H3. The van der Waals surface area contributed by atoms with E-state index in [9.17, 15) is 4.79 Å². The van der Waals surface area contributed by atoms with Gasteiger partial charge in [-0.25, -0.2) is 0 Å². The van der Waals surface area contributed by atoms with Crippen molar-refractivity contribution in [3.63, 3.8) is 0 Å². The zero-order chi connectivity index (χ0) is 18.9. The van der Waals surface area contributed by atoms with Gasteiger partial charge in [0, 0.05) is 32.7 Å². The van der Waals surface area contributed by atoms with Crippen molar-refractivity contribution in [3.05, 3.63) is 47.5 Å². The predicted octanol–water partition coefficient (Wildman–Crippen LogP) is 2.49. The summed E-state index contributed by atoms with van der Waals surface area (Å²) in [4.78, 5) is 19.1. The maximum atomic E-state index is 12.5. The smallest absolute Gasteiger partial charge is 0.237 e. The summed E-state index contributed by atoms with van der Waals surface area (Å²) in [5.41, 5.74) is 2.95. The zero-order valence-corrected chi connectivity index (χ0v) is 16.1. The van der Waals surface area contributed by atoms with Crippen LogP contribution in [0.5, 0.6) is 0 Å². The quantitative estimate of drug-likeness (QED) is 0.706. The van der Waals surface area contributed by atoms with Crippen molar-refractivity contribution in [3.8, 4) is 6.07 Å². The predicted molar refractivity (Wildman–Crippen MR) is 105 cm³/mol. The van der Waals surface area contributed by atoms with Crippen molar-refractivity contribution in [1.82, 2.24) is 14.7 Å². The fourth-order valence-electron chi connectivity index (χ4n) is 3.28. The molecule has 0 aliphatic carbocycles. The molecule has 1 aromatic rings. The molecule has 1 saturated heterocycles. The Bertz CT molecular complexity index is 647. The summed E-state index contributed by atoms with van der Waals surface area (Å²) in [7, 11) is 0. The van der Waals surface area contributed by atoms with E-state index in [1.807, 2.05) is 43.0 Å². The highest BCUT2D eigenvalue weighted by molar-refractivity contribution is 5.78. The van der Waals surface area contributed by atoms with Gasteiger partial charge < -0.3 is 4.90 Å². The number of likely N-dealkylation sites (N-methyl/N-ethyl adjacent to an activating group) is 1. The number of carbonyl (C=O) groups excluding carboxylic acids is 1. The maximum absolute atomic E-state index is 12.5. The number of amides is 1. The van der Waals surface area contributed by atoms with Crippen LogP contribution in [0.25, 0.3) is 0 Å². The number of hydrogen-bond donors (Lipinski definition) is 0. The summed E-state index contributed by atoms with van der Waals surface area (Å²) >= 11 is 0. The SMILES string of the molecule is C=C(C)CN(CC)C(=O)CN1CCCN(Cc2ccc(C#N)cc2)CC1. The van der Waals surface area contributed by atoms with E-state index in [-0.39, 0.29) is 5.91 Å². The molecule has 140 valence electrons. The summed E-state index contributed by atoms with van der Waals surface area (Å²) in [6.07, 6.45) is 1.07. The van der Waals surface area contributed by atoms with Crippen molar-refractivity contribution in [2.75, 3.05) is 45.8 Å². The van der Waals surface area contributed by atoms with Gasteiger partial charge in [-0.2, -0.15) is 5.26 Å². The van der Waals surface area contributed by atoms with Gasteiger partial charge in [-0.05, 0) is 51.1 Å². The molecule has 1 amide bonds. The van der Waals surface area contributed by atoms with Gasteiger partial charge in [0.25, 0.3) is 0 Å². The fourth-order valence-corrected chi connectivity index (χ4v) is 3.28. The molecule has 0 radical (unpaired) electrons. The molecule has 5 heteroatoms. The largest absolute Gasteiger partial charge is 0.338 e. The van der Waals surface area contributed by atoms with E-state index in [0.717, 1.165) is 51.3 Å². The van der Waals surface area contributed by atoms with E-state index >= 15 is 0 Å². The van der Waals surface area contributed by atoms with E-state index < -0.39 is 0 Å². The summed E-state index contributed by atoms with van der Waals surface area (Å²) in [5.74, 6) is 0.191. The average molecular weight is 354 g/mol. The number of hydrogen-bond acceptors (Lipinski definition) is 4. The molecule has 1 heterocycles. The summed E-state index contributed by atoms with van der Waals surface area (Å²) < 4.78 is 0. The van der Waals surface area contributed by atoms with Gasteiger partial charge in [0.2, 0.25) is 5.91 Å². The molecule has 0 bridgehead atoms. The van der Waals surface area contributed by atoms with Crippen molar-refractivity contribution in [1.29, 1.82) is 5.26 Å². The molecular formula is C21H30N4O. The monoisotopic (exact) mass is 354 g/mol. The first-order chi connectivity index (χ1) is 12.5. The van der Waals surface area contributed by atoms with E-state index in [0.29, 0.717) is 18.7 Å². The molecule has 1 aliphatic heterocycles. The Balaban J connectivity index is 1.84. The van der Waals surface area contributed by atoms with Gasteiger partial charge in [0.15, 0.2) is 0 Å². The number of carbonyl (C=O) groups is 1. The topological polar surface area (TPSA) is 50.6 Å². The first kappa shape index (κ1) is 20.2. The average Bonchev–Trinajstić information content (AvgIpc) is 2.85. The number of benzene rings is 1. The van der Waals surface area contributed by atoms with E-state index in [1.165, 1.54) is 5.56 Å². The highest BCUT2D eigenvalue weighted by atomic mass is 16.2. The van der Waals surface area contributed by atoms with Crippen molar-refractivity contribution in [2.45, 2.75) is 26.8 Å². The number of nitrogens with zero attached hydrogens (tertiary/aromatic N) is 4. The lowest BCUT2D eigenvalue weighted by molar-refractivity contribution is -0.131. The third-order valence-electron chi connectivity index (χ3n) is 4.72. The van der Waals surface area contributed by atoms with Crippen LogP contribution in [0.4, 0.5) is 0 Å². The molecule has 0 unspecified atom stereocenters. The van der Waals surface area contributed by atoms with Gasteiger partial charge in [-0.3, -0.25) is 14.6 Å². The lowest BCUT2D eigenvalue weighted by atomic mass is 10.1. The lowest BCUT2D eigenvalue weighted by Crippen LogP contribution is -2.42. The maximum Gasteiger partial charge on any atom is 0.237 e. The van der Waals surface area contributed by atoms with Crippen LogP contribution in [0.3, 0.4) is 0 Å². The molecule has 0 aromatic heterocycles. The molecule has 1 fully saturated rings. The molecule has 26 heavy (non-hydrogen) atoms. The highest BCUT2D eigenvalue weighted by Crippen LogP contribution is 2.11. The molecular weight excluding hydrogens is 324 g/mol. The van der Waals surface area contributed by atoms with E-state index in [2.05, 4.69) is 22.4 Å². The van der Waals surface area contributed by atoms with Crippen LogP contribution in [0.2, 0.25) is 0 Å². The van der Waals surface area contributed by atoms with Crippen molar-refractivity contribution in [2.24, 2.45) is 0 Å². The molecule has 1 aliphatic rings. The van der Waals surface area contributed by atoms with Crippen LogP contribution in [-0.2, 0) is 11.3 Å². The first-order valence-electron chi connectivity index (χ1n) is 9.37. The molecule has 0 saturated carbocycles. The van der Waals surface area contributed by atoms with Gasteiger partial charge in [-0.15, -0.1) is 0 Å². The summed E-state index contributed by atoms with van der Waals surface area (Å²) in [6, 6.07) is 9.96. The number of nitriles is 1. The number of rotatable bonds is 7. The van der Waals surface area contributed by atoms with Gasteiger partial charge >= 0.3 is 0 Å². The normalized spacial score (nSPS) is 15.9. The van der Waals surface area contributed by atoms with Crippen LogP contribution in [-0.4, -0.2) is 66.4 Å².